The zero-order valence-electron chi connectivity index (χ0n) is 18.7. The fourth-order valence-corrected chi connectivity index (χ4v) is 5.71. The Morgan fingerprint density at radius 1 is 1.16 bits per heavy atom. The topological polar surface area (TPSA) is 71.0 Å². The monoisotopic (exact) mass is 428 g/mol. The Morgan fingerprint density at radius 3 is 2.55 bits per heavy atom. The number of rotatable bonds is 4. The van der Waals surface area contributed by atoms with Crippen LogP contribution in [0.15, 0.2) is 18.2 Å². The summed E-state index contributed by atoms with van der Waals surface area (Å²) in [6.07, 6.45) is 8.52. The van der Waals surface area contributed by atoms with Gasteiger partial charge in [-0.2, -0.15) is 0 Å². The van der Waals surface area contributed by atoms with Crippen LogP contribution in [0.4, 0.5) is 0 Å². The Labute approximate surface area is 185 Å². The van der Waals surface area contributed by atoms with Gasteiger partial charge in [0, 0.05) is 50.0 Å². The fourth-order valence-electron chi connectivity index (χ4n) is 5.71. The average molecular weight is 429 g/mol. The van der Waals surface area contributed by atoms with Crippen molar-refractivity contribution in [3.8, 4) is 5.75 Å². The molecule has 2 N–H and O–H groups in total. The Morgan fingerprint density at radius 2 is 1.90 bits per heavy atom. The molecule has 2 aliphatic carbocycles. The van der Waals surface area contributed by atoms with Gasteiger partial charge in [0.05, 0.1) is 12.2 Å². The molecule has 0 aromatic heterocycles. The van der Waals surface area contributed by atoms with Gasteiger partial charge in [-0.05, 0) is 63.1 Å². The standard InChI is InChI=1S/C25H36N2O4/c1-2-26-23(28)18-8-10-24(29,11-9-18)20-6-7-22-19(16-20)17-30-25(31-22)12-14-27(15-13-25)21-4-3-5-21/h6-7,16,18,21,29H,2-5,8-15,17H2,1H3,(H,26,28). The molecule has 31 heavy (non-hydrogen) atoms. The molecule has 4 aliphatic rings. The Kier molecular flexibility index (Phi) is 5.74. The summed E-state index contributed by atoms with van der Waals surface area (Å²) >= 11 is 0. The van der Waals surface area contributed by atoms with E-state index in [1.807, 2.05) is 19.1 Å². The maximum Gasteiger partial charge on any atom is 0.223 e. The van der Waals surface area contributed by atoms with E-state index in [2.05, 4.69) is 16.3 Å². The lowest BCUT2D eigenvalue weighted by Crippen LogP contribution is -2.54. The number of carbonyl (C=O) groups is 1. The molecular weight excluding hydrogens is 392 g/mol. The number of likely N-dealkylation sites (tertiary alicyclic amines) is 1. The molecule has 2 aliphatic heterocycles. The first kappa shape index (κ1) is 21.2. The van der Waals surface area contributed by atoms with E-state index in [9.17, 15) is 9.90 Å². The van der Waals surface area contributed by atoms with E-state index in [0.29, 0.717) is 38.8 Å². The van der Waals surface area contributed by atoms with Gasteiger partial charge in [0.15, 0.2) is 0 Å². The van der Waals surface area contributed by atoms with E-state index in [4.69, 9.17) is 9.47 Å². The Bertz CT molecular complexity index is 806. The van der Waals surface area contributed by atoms with Crippen LogP contribution in [0.25, 0.3) is 0 Å². The lowest BCUT2D eigenvalue weighted by molar-refractivity contribution is -0.231. The maximum absolute atomic E-state index is 12.1. The minimum atomic E-state index is -0.874. The fraction of sp³-hybridized carbons (Fsp3) is 0.720. The van der Waals surface area contributed by atoms with Crippen LogP contribution in [-0.2, 0) is 21.7 Å². The third-order valence-corrected chi connectivity index (χ3v) is 8.07. The molecule has 1 amide bonds. The van der Waals surface area contributed by atoms with Gasteiger partial charge >= 0.3 is 0 Å². The highest BCUT2D eigenvalue weighted by Gasteiger charge is 2.43. The van der Waals surface area contributed by atoms with E-state index >= 15 is 0 Å². The summed E-state index contributed by atoms with van der Waals surface area (Å²) in [6.45, 7) is 5.22. The maximum atomic E-state index is 12.1. The number of piperidine rings is 1. The number of hydrogen-bond donors (Lipinski definition) is 2. The van der Waals surface area contributed by atoms with E-state index in [-0.39, 0.29) is 11.8 Å². The van der Waals surface area contributed by atoms with Crippen molar-refractivity contribution in [2.75, 3.05) is 19.6 Å². The minimum Gasteiger partial charge on any atom is -0.462 e. The van der Waals surface area contributed by atoms with Crippen LogP contribution in [0, 0.1) is 5.92 Å². The largest absolute Gasteiger partial charge is 0.462 e. The van der Waals surface area contributed by atoms with Crippen molar-refractivity contribution in [1.29, 1.82) is 0 Å². The number of nitrogens with zero attached hydrogens (tertiary/aromatic N) is 1. The number of hydrogen-bond acceptors (Lipinski definition) is 5. The third kappa shape index (κ3) is 4.10. The summed E-state index contributed by atoms with van der Waals surface area (Å²) in [6, 6.07) is 6.85. The van der Waals surface area contributed by atoms with Gasteiger partial charge < -0.3 is 19.9 Å². The molecule has 5 rings (SSSR count). The highest BCUT2D eigenvalue weighted by atomic mass is 16.7. The average Bonchev–Trinajstić information content (AvgIpc) is 2.74. The van der Waals surface area contributed by atoms with Crippen molar-refractivity contribution in [1.82, 2.24) is 10.2 Å². The molecule has 3 fully saturated rings. The predicted molar refractivity (Wildman–Crippen MR) is 118 cm³/mol. The molecule has 0 radical (unpaired) electrons. The van der Waals surface area contributed by atoms with Crippen molar-refractivity contribution in [2.45, 2.75) is 88.7 Å². The molecule has 2 heterocycles. The normalized spacial score (nSPS) is 30.8. The van der Waals surface area contributed by atoms with Crippen LogP contribution in [0.5, 0.6) is 5.75 Å². The zero-order chi connectivity index (χ0) is 21.5. The van der Waals surface area contributed by atoms with Crippen LogP contribution in [-0.4, -0.2) is 47.4 Å². The van der Waals surface area contributed by atoms with E-state index in [0.717, 1.165) is 48.8 Å². The highest BCUT2D eigenvalue weighted by molar-refractivity contribution is 5.78. The second-order valence-electron chi connectivity index (χ2n) is 9.95. The molecule has 6 heteroatoms. The quantitative estimate of drug-likeness (QED) is 0.769. The van der Waals surface area contributed by atoms with Gasteiger partial charge in [0.25, 0.3) is 0 Å². The van der Waals surface area contributed by atoms with Crippen molar-refractivity contribution < 1.29 is 19.4 Å². The third-order valence-electron chi connectivity index (χ3n) is 8.07. The first-order chi connectivity index (χ1) is 15.0. The molecule has 1 aromatic rings. The summed E-state index contributed by atoms with van der Waals surface area (Å²) in [5, 5.41) is 14.2. The second-order valence-corrected chi connectivity index (χ2v) is 9.95. The molecule has 0 unspecified atom stereocenters. The molecule has 1 aromatic carbocycles. The van der Waals surface area contributed by atoms with Gasteiger partial charge in [-0.25, -0.2) is 0 Å². The summed E-state index contributed by atoms with van der Waals surface area (Å²) in [5.74, 6) is 0.531. The zero-order valence-corrected chi connectivity index (χ0v) is 18.7. The molecule has 1 saturated heterocycles. The summed E-state index contributed by atoms with van der Waals surface area (Å²) in [4.78, 5) is 14.7. The van der Waals surface area contributed by atoms with Crippen LogP contribution < -0.4 is 10.1 Å². The number of ether oxygens (including phenoxy) is 2. The molecule has 6 nitrogen and oxygen atoms in total. The van der Waals surface area contributed by atoms with Gasteiger partial charge in [-0.1, -0.05) is 12.5 Å². The molecule has 1 spiro atoms. The van der Waals surface area contributed by atoms with Crippen LogP contribution in [0.2, 0.25) is 0 Å². The van der Waals surface area contributed by atoms with E-state index in [1.54, 1.807) is 0 Å². The van der Waals surface area contributed by atoms with E-state index < -0.39 is 11.4 Å². The van der Waals surface area contributed by atoms with Crippen LogP contribution in [0.1, 0.15) is 75.8 Å². The molecule has 0 atom stereocenters. The first-order valence-electron chi connectivity index (χ1n) is 12.2. The Balaban J connectivity index is 1.23. The lowest BCUT2D eigenvalue weighted by atomic mass is 9.74. The van der Waals surface area contributed by atoms with Crippen molar-refractivity contribution >= 4 is 5.91 Å². The smallest absolute Gasteiger partial charge is 0.223 e. The summed E-state index contributed by atoms with van der Waals surface area (Å²) in [7, 11) is 0. The summed E-state index contributed by atoms with van der Waals surface area (Å²) in [5.41, 5.74) is 1.06. The molecule has 170 valence electrons. The predicted octanol–water partition coefficient (Wildman–Crippen LogP) is 3.45. The molecule has 2 saturated carbocycles. The van der Waals surface area contributed by atoms with Gasteiger partial charge in [0.2, 0.25) is 11.7 Å². The number of amides is 1. The number of carbonyl (C=O) groups excluding carboxylic acids is 1. The second kappa shape index (κ2) is 8.38. The first-order valence-corrected chi connectivity index (χ1v) is 12.2. The van der Waals surface area contributed by atoms with Gasteiger partial charge in [-0.3, -0.25) is 9.69 Å². The van der Waals surface area contributed by atoms with E-state index in [1.165, 1.54) is 19.3 Å². The molecular formula is C25H36N2O4. The summed E-state index contributed by atoms with van der Waals surface area (Å²) < 4.78 is 12.7. The number of fused-ring (bicyclic) bond motifs is 1. The lowest BCUT2D eigenvalue weighted by Gasteiger charge is -2.47. The van der Waals surface area contributed by atoms with Crippen molar-refractivity contribution in [2.24, 2.45) is 5.92 Å². The minimum absolute atomic E-state index is 0.00943. The Hall–Kier alpha value is -1.63. The number of nitrogens with one attached hydrogen (secondary N) is 1. The molecule has 0 bridgehead atoms. The van der Waals surface area contributed by atoms with Crippen LogP contribution in [0.3, 0.4) is 0 Å². The number of aliphatic hydroxyl groups is 1. The van der Waals surface area contributed by atoms with Gasteiger partial charge in [-0.15, -0.1) is 0 Å². The van der Waals surface area contributed by atoms with Crippen molar-refractivity contribution in [3.63, 3.8) is 0 Å². The SMILES string of the molecule is CCNC(=O)C1CCC(O)(c2ccc3c(c2)COC2(CCN(C4CCC4)CC2)O3)CC1. The van der Waals surface area contributed by atoms with Gasteiger partial charge in [0.1, 0.15) is 5.75 Å². The highest BCUT2D eigenvalue weighted by Crippen LogP contribution is 2.44. The van der Waals surface area contributed by atoms with Crippen molar-refractivity contribution in [3.05, 3.63) is 29.3 Å². The van der Waals surface area contributed by atoms with Crippen LogP contribution >= 0.6 is 0 Å². The number of benzene rings is 1.